The first kappa shape index (κ1) is 20.8. The zero-order chi connectivity index (χ0) is 21.3. The standard InChI is InChI=1S/C19H23N7O4/c1-29-18(27)14(6-12-8-20-10-22-12)24-16-4-3-5-17(26-16)25-15(19(28)30-2)7-13-9-21-11-23-13/h3-5,8-11,14-15H,6-7H2,1-2H3,(H,20,22)(H,21,23)(H2,24,25,26)/t14-,15-/m0/s1. The quantitative estimate of drug-likeness (QED) is 0.356. The van der Waals surface area contributed by atoms with Gasteiger partial charge in [-0.15, -0.1) is 0 Å². The molecule has 30 heavy (non-hydrogen) atoms. The second-order valence-corrected chi connectivity index (χ2v) is 6.41. The van der Waals surface area contributed by atoms with Crippen molar-refractivity contribution in [3.8, 4) is 0 Å². The number of rotatable bonds is 10. The maximum absolute atomic E-state index is 12.2. The van der Waals surface area contributed by atoms with Gasteiger partial charge in [0, 0.05) is 36.6 Å². The molecule has 158 valence electrons. The van der Waals surface area contributed by atoms with Crippen molar-refractivity contribution in [1.82, 2.24) is 24.9 Å². The van der Waals surface area contributed by atoms with Gasteiger partial charge in [0.05, 0.1) is 26.9 Å². The number of aromatic nitrogens is 5. The van der Waals surface area contributed by atoms with Gasteiger partial charge >= 0.3 is 11.9 Å². The molecule has 3 rings (SSSR count). The van der Waals surface area contributed by atoms with Gasteiger partial charge in [0.25, 0.3) is 0 Å². The molecule has 0 bridgehead atoms. The van der Waals surface area contributed by atoms with Gasteiger partial charge in [-0.3, -0.25) is 0 Å². The number of H-pyrrole nitrogens is 2. The van der Waals surface area contributed by atoms with Gasteiger partial charge in [0.15, 0.2) is 0 Å². The highest BCUT2D eigenvalue weighted by atomic mass is 16.5. The molecule has 3 aromatic rings. The van der Waals surface area contributed by atoms with Crippen LogP contribution in [0.25, 0.3) is 0 Å². The first-order valence-corrected chi connectivity index (χ1v) is 9.19. The summed E-state index contributed by atoms with van der Waals surface area (Å²) in [5, 5.41) is 6.13. The number of nitrogens with zero attached hydrogens (tertiary/aromatic N) is 3. The van der Waals surface area contributed by atoms with Gasteiger partial charge in [0.1, 0.15) is 23.7 Å². The van der Waals surface area contributed by atoms with Crippen molar-refractivity contribution in [2.24, 2.45) is 0 Å². The smallest absolute Gasteiger partial charge is 0.328 e. The van der Waals surface area contributed by atoms with Crippen LogP contribution in [-0.4, -0.2) is 63.2 Å². The Morgan fingerprint density at radius 2 is 1.37 bits per heavy atom. The van der Waals surface area contributed by atoms with Crippen LogP contribution in [-0.2, 0) is 31.9 Å². The number of hydrogen-bond acceptors (Lipinski definition) is 9. The molecule has 0 unspecified atom stereocenters. The number of anilines is 2. The fraction of sp³-hybridized carbons (Fsp3) is 0.316. The van der Waals surface area contributed by atoms with E-state index in [-0.39, 0.29) is 0 Å². The van der Waals surface area contributed by atoms with Crippen molar-refractivity contribution in [3.05, 3.63) is 54.6 Å². The van der Waals surface area contributed by atoms with Crippen LogP contribution in [0.15, 0.2) is 43.2 Å². The Balaban J connectivity index is 1.72. The molecular formula is C19H23N7O4. The van der Waals surface area contributed by atoms with Crippen LogP contribution in [0.3, 0.4) is 0 Å². The van der Waals surface area contributed by atoms with E-state index in [9.17, 15) is 9.59 Å². The van der Waals surface area contributed by atoms with E-state index >= 15 is 0 Å². The van der Waals surface area contributed by atoms with E-state index in [1.807, 2.05) is 0 Å². The molecule has 11 nitrogen and oxygen atoms in total. The molecule has 0 spiro atoms. The Morgan fingerprint density at radius 1 is 0.900 bits per heavy atom. The number of esters is 2. The first-order valence-electron chi connectivity index (χ1n) is 9.19. The molecule has 0 amide bonds. The number of imidazole rings is 2. The van der Waals surface area contributed by atoms with Crippen LogP contribution in [0.1, 0.15) is 11.4 Å². The fourth-order valence-electron chi connectivity index (χ4n) is 2.86. The van der Waals surface area contributed by atoms with Gasteiger partial charge in [-0.1, -0.05) is 6.07 Å². The van der Waals surface area contributed by atoms with E-state index in [4.69, 9.17) is 9.47 Å². The van der Waals surface area contributed by atoms with Crippen molar-refractivity contribution in [2.45, 2.75) is 24.9 Å². The molecular weight excluding hydrogens is 390 g/mol. The van der Waals surface area contributed by atoms with E-state index in [1.165, 1.54) is 14.2 Å². The van der Waals surface area contributed by atoms with Crippen LogP contribution >= 0.6 is 0 Å². The van der Waals surface area contributed by atoms with Crippen molar-refractivity contribution in [2.75, 3.05) is 24.9 Å². The predicted molar refractivity (Wildman–Crippen MR) is 108 cm³/mol. The highest BCUT2D eigenvalue weighted by Gasteiger charge is 2.23. The Bertz CT molecular complexity index is 870. The summed E-state index contributed by atoms with van der Waals surface area (Å²) in [6.07, 6.45) is 7.05. The topological polar surface area (TPSA) is 147 Å². The Kier molecular flexibility index (Phi) is 6.98. The lowest BCUT2D eigenvalue weighted by Crippen LogP contribution is -2.34. The number of carbonyl (C=O) groups is 2. The predicted octanol–water partition coefficient (Wildman–Crippen LogP) is 0.920. The van der Waals surface area contributed by atoms with Crippen LogP contribution in [0.2, 0.25) is 0 Å². The molecule has 0 saturated carbocycles. The van der Waals surface area contributed by atoms with E-state index in [0.717, 1.165) is 11.4 Å². The van der Waals surface area contributed by atoms with Gasteiger partial charge in [-0.2, -0.15) is 0 Å². The Hall–Kier alpha value is -3.89. The number of nitrogens with one attached hydrogen (secondary N) is 4. The number of ether oxygens (including phenoxy) is 2. The first-order chi connectivity index (χ1) is 14.6. The van der Waals surface area contributed by atoms with Gasteiger partial charge in [-0.25, -0.2) is 24.5 Å². The average molecular weight is 413 g/mol. The lowest BCUT2D eigenvalue weighted by atomic mass is 10.1. The highest BCUT2D eigenvalue weighted by Crippen LogP contribution is 2.15. The molecule has 4 N–H and O–H groups in total. The largest absolute Gasteiger partial charge is 0.467 e. The normalized spacial score (nSPS) is 12.6. The van der Waals surface area contributed by atoms with Crippen molar-refractivity contribution < 1.29 is 19.1 Å². The van der Waals surface area contributed by atoms with E-state index < -0.39 is 24.0 Å². The second kappa shape index (κ2) is 10.0. The third-order valence-corrected chi connectivity index (χ3v) is 4.32. The van der Waals surface area contributed by atoms with Gasteiger partial charge < -0.3 is 30.1 Å². The molecule has 11 heteroatoms. The molecule has 0 aliphatic carbocycles. The Morgan fingerprint density at radius 3 is 1.73 bits per heavy atom. The number of aromatic amines is 2. The lowest BCUT2D eigenvalue weighted by Gasteiger charge is -2.19. The minimum Gasteiger partial charge on any atom is -0.467 e. The number of pyridine rings is 1. The molecule has 0 aliphatic heterocycles. The summed E-state index contributed by atoms with van der Waals surface area (Å²) in [5.74, 6) is 0.0213. The zero-order valence-corrected chi connectivity index (χ0v) is 16.6. The monoisotopic (exact) mass is 413 g/mol. The summed E-state index contributed by atoms with van der Waals surface area (Å²) in [6.45, 7) is 0. The third-order valence-electron chi connectivity index (χ3n) is 4.32. The SMILES string of the molecule is COC(=O)[C@H](Cc1cnc[nH]1)Nc1cccc(N[C@@H](Cc2cnc[nH]2)C(=O)OC)n1. The summed E-state index contributed by atoms with van der Waals surface area (Å²) in [5.41, 5.74) is 1.55. The van der Waals surface area contributed by atoms with Gasteiger partial charge in [-0.05, 0) is 12.1 Å². The molecule has 0 saturated heterocycles. The molecule has 3 heterocycles. The van der Waals surface area contributed by atoms with Crippen molar-refractivity contribution in [1.29, 1.82) is 0 Å². The molecule has 0 fully saturated rings. The summed E-state index contributed by atoms with van der Waals surface area (Å²) < 4.78 is 9.77. The van der Waals surface area contributed by atoms with Crippen LogP contribution in [0.4, 0.5) is 11.6 Å². The Labute approximate surface area is 172 Å². The lowest BCUT2D eigenvalue weighted by molar-refractivity contribution is -0.142. The highest BCUT2D eigenvalue weighted by molar-refractivity contribution is 5.80. The minimum absolute atomic E-state index is 0.344. The van der Waals surface area contributed by atoms with Crippen LogP contribution in [0, 0.1) is 0 Å². The summed E-state index contributed by atoms with van der Waals surface area (Å²) in [4.78, 5) is 42.6. The zero-order valence-electron chi connectivity index (χ0n) is 16.6. The number of carbonyl (C=O) groups excluding carboxylic acids is 2. The van der Waals surface area contributed by atoms with E-state index in [0.29, 0.717) is 24.5 Å². The summed E-state index contributed by atoms with van der Waals surface area (Å²) >= 11 is 0. The summed E-state index contributed by atoms with van der Waals surface area (Å²) in [7, 11) is 2.65. The van der Waals surface area contributed by atoms with Gasteiger partial charge in [0.2, 0.25) is 0 Å². The van der Waals surface area contributed by atoms with Crippen LogP contribution in [0.5, 0.6) is 0 Å². The third kappa shape index (κ3) is 5.56. The molecule has 0 aliphatic rings. The molecule has 2 atom stereocenters. The molecule has 0 aromatic carbocycles. The molecule has 3 aromatic heterocycles. The number of methoxy groups -OCH3 is 2. The van der Waals surface area contributed by atoms with E-state index in [1.54, 1.807) is 43.2 Å². The number of hydrogen-bond donors (Lipinski definition) is 4. The minimum atomic E-state index is -0.667. The van der Waals surface area contributed by atoms with Crippen molar-refractivity contribution >= 4 is 23.6 Å². The fourth-order valence-corrected chi connectivity index (χ4v) is 2.86. The molecule has 0 radical (unpaired) electrons. The summed E-state index contributed by atoms with van der Waals surface area (Å²) in [6, 6.07) is 3.86. The average Bonchev–Trinajstić information content (AvgIpc) is 3.46. The van der Waals surface area contributed by atoms with E-state index in [2.05, 4.69) is 35.6 Å². The maximum atomic E-state index is 12.2. The van der Waals surface area contributed by atoms with Crippen LogP contribution < -0.4 is 10.6 Å². The second-order valence-electron chi connectivity index (χ2n) is 6.41. The van der Waals surface area contributed by atoms with Crippen molar-refractivity contribution in [3.63, 3.8) is 0 Å². The maximum Gasteiger partial charge on any atom is 0.328 e.